The number of phenols is 1. The zero-order chi connectivity index (χ0) is 19.6. The molecule has 0 saturated carbocycles. The van der Waals surface area contributed by atoms with Crippen LogP contribution in [0.2, 0.25) is 0 Å². The van der Waals surface area contributed by atoms with Crippen LogP contribution in [0, 0.1) is 0 Å². The Balaban J connectivity index is 1.94. The molecule has 0 aromatic heterocycles. The molecule has 1 aliphatic heterocycles. The van der Waals surface area contributed by atoms with Crippen molar-refractivity contribution in [2.75, 3.05) is 11.4 Å². The Bertz CT molecular complexity index is 1020. The van der Waals surface area contributed by atoms with Crippen molar-refractivity contribution < 1.29 is 28.2 Å². The first-order valence-corrected chi connectivity index (χ1v) is 9.46. The molecule has 9 heteroatoms. The van der Waals surface area contributed by atoms with Gasteiger partial charge in [0.05, 0.1) is 13.3 Å². The van der Waals surface area contributed by atoms with Crippen molar-refractivity contribution in [2.45, 2.75) is 12.8 Å². The maximum atomic E-state index is 12.1. The van der Waals surface area contributed by atoms with Gasteiger partial charge < -0.3 is 14.9 Å². The lowest BCUT2D eigenvalue weighted by Crippen LogP contribution is -2.29. The number of aliphatic hydroxyl groups is 1. The van der Waals surface area contributed by atoms with E-state index in [1.807, 2.05) is 29.0 Å². The number of carbonyl (C=O) groups is 1. The van der Waals surface area contributed by atoms with Crippen LogP contribution in [0.3, 0.4) is 0 Å². The second-order valence-corrected chi connectivity index (χ2v) is 7.44. The molecule has 1 heterocycles. The molecular weight excluding hydrogens is 372 g/mol. The standard InChI is InChI=1S/C18H18N2O6S/c1-26-18(23)8-5-12-3-2-4-13(9-12)14-6-7-16(21)15(10-14)20-11-17(22)19-27(20,24)25/h2-4,6-7,9-11,19,21-22H,5,8H2,1H3. The number of rotatable bonds is 5. The number of esters is 1. The van der Waals surface area contributed by atoms with E-state index in [1.54, 1.807) is 6.07 Å². The average Bonchev–Trinajstić information content (AvgIpc) is 2.92. The van der Waals surface area contributed by atoms with Crippen LogP contribution in [0.5, 0.6) is 5.75 Å². The molecule has 0 fully saturated rings. The van der Waals surface area contributed by atoms with Gasteiger partial charge in [0.15, 0.2) is 0 Å². The molecule has 0 aliphatic carbocycles. The van der Waals surface area contributed by atoms with Crippen LogP contribution in [0.25, 0.3) is 11.1 Å². The summed E-state index contributed by atoms with van der Waals surface area (Å²) in [5.74, 6) is -1.09. The second-order valence-electron chi connectivity index (χ2n) is 5.90. The van der Waals surface area contributed by atoms with Gasteiger partial charge in [0.25, 0.3) is 0 Å². The van der Waals surface area contributed by atoms with Gasteiger partial charge in [0, 0.05) is 6.42 Å². The van der Waals surface area contributed by atoms with Crippen molar-refractivity contribution in [3.63, 3.8) is 0 Å². The minimum absolute atomic E-state index is 0.00372. The molecule has 2 aromatic rings. The van der Waals surface area contributed by atoms with Gasteiger partial charge in [-0.1, -0.05) is 30.3 Å². The predicted molar refractivity (Wildman–Crippen MR) is 99.1 cm³/mol. The first kappa shape index (κ1) is 18.6. The van der Waals surface area contributed by atoms with Crippen molar-refractivity contribution in [3.05, 3.63) is 60.1 Å². The fraction of sp³-hybridized carbons (Fsp3) is 0.167. The molecule has 0 atom stereocenters. The SMILES string of the molecule is COC(=O)CCc1cccc(-c2ccc(O)c(N3C=C(O)NS3(=O)=O)c2)c1. The van der Waals surface area contributed by atoms with Crippen molar-refractivity contribution >= 4 is 21.9 Å². The Labute approximate surface area is 156 Å². The number of aliphatic hydroxyl groups excluding tert-OH is 1. The largest absolute Gasteiger partial charge is 0.506 e. The fourth-order valence-corrected chi connectivity index (χ4v) is 3.78. The number of hydrogen-bond acceptors (Lipinski definition) is 6. The topological polar surface area (TPSA) is 116 Å². The Morgan fingerprint density at radius 1 is 1.15 bits per heavy atom. The van der Waals surface area contributed by atoms with Gasteiger partial charge in [-0.15, -0.1) is 0 Å². The third-order valence-corrected chi connectivity index (χ3v) is 5.34. The number of ether oxygens (including phenoxy) is 1. The van der Waals surface area contributed by atoms with Gasteiger partial charge in [-0.3, -0.25) is 4.79 Å². The minimum Gasteiger partial charge on any atom is -0.506 e. The highest BCUT2D eigenvalue weighted by Crippen LogP contribution is 2.35. The smallest absolute Gasteiger partial charge is 0.330 e. The quantitative estimate of drug-likeness (QED) is 0.674. The highest BCUT2D eigenvalue weighted by atomic mass is 32.2. The van der Waals surface area contributed by atoms with E-state index in [9.17, 15) is 23.4 Å². The van der Waals surface area contributed by atoms with Crippen molar-refractivity contribution in [3.8, 4) is 16.9 Å². The van der Waals surface area contributed by atoms with Gasteiger partial charge >= 0.3 is 16.2 Å². The van der Waals surface area contributed by atoms with Crippen molar-refractivity contribution in [1.29, 1.82) is 0 Å². The van der Waals surface area contributed by atoms with Crippen LogP contribution >= 0.6 is 0 Å². The molecule has 1 aliphatic rings. The zero-order valence-corrected chi connectivity index (χ0v) is 15.2. The molecule has 142 valence electrons. The lowest BCUT2D eigenvalue weighted by atomic mass is 10.0. The highest BCUT2D eigenvalue weighted by molar-refractivity contribution is 7.91. The third-order valence-electron chi connectivity index (χ3n) is 4.05. The van der Waals surface area contributed by atoms with Gasteiger partial charge in [0.1, 0.15) is 11.4 Å². The van der Waals surface area contributed by atoms with Gasteiger partial charge in [-0.2, -0.15) is 8.42 Å². The van der Waals surface area contributed by atoms with E-state index in [4.69, 9.17) is 0 Å². The third kappa shape index (κ3) is 3.98. The van der Waals surface area contributed by atoms with E-state index in [2.05, 4.69) is 4.74 Å². The van der Waals surface area contributed by atoms with Crippen LogP contribution in [0.4, 0.5) is 5.69 Å². The Morgan fingerprint density at radius 3 is 2.56 bits per heavy atom. The maximum Gasteiger partial charge on any atom is 0.330 e. The van der Waals surface area contributed by atoms with E-state index < -0.39 is 16.1 Å². The number of nitrogens with zero attached hydrogens (tertiary/aromatic N) is 1. The molecule has 0 spiro atoms. The monoisotopic (exact) mass is 390 g/mol. The lowest BCUT2D eigenvalue weighted by Gasteiger charge is -2.16. The van der Waals surface area contributed by atoms with E-state index >= 15 is 0 Å². The first-order valence-electron chi connectivity index (χ1n) is 8.02. The number of hydrogen-bond donors (Lipinski definition) is 3. The first-order chi connectivity index (χ1) is 12.8. The number of nitrogens with one attached hydrogen (secondary N) is 1. The number of anilines is 1. The summed E-state index contributed by atoms with van der Waals surface area (Å²) < 4.78 is 31.4. The number of aryl methyl sites for hydroxylation is 1. The second kappa shape index (κ2) is 7.20. The molecule has 8 nitrogen and oxygen atoms in total. The van der Waals surface area contributed by atoms with Crippen molar-refractivity contribution in [2.24, 2.45) is 0 Å². The summed E-state index contributed by atoms with van der Waals surface area (Å²) in [6, 6.07) is 12.0. The molecule has 0 unspecified atom stereocenters. The van der Waals surface area contributed by atoms with Gasteiger partial charge in [0.2, 0.25) is 5.88 Å². The number of benzene rings is 2. The van der Waals surface area contributed by atoms with Crippen LogP contribution in [0.1, 0.15) is 12.0 Å². The van der Waals surface area contributed by atoms with Crippen LogP contribution in [-0.4, -0.2) is 31.7 Å². The van der Waals surface area contributed by atoms with E-state index in [0.717, 1.165) is 21.6 Å². The van der Waals surface area contributed by atoms with Crippen LogP contribution < -0.4 is 9.03 Å². The fourth-order valence-electron chi connectivity index (χ4n) is 2.72. The molecule has 3 rings (SSSR count). The highest BCUT2D eigenvalue weighted by Gasteiger charge is 2.30. The maximum absolute atomic E-state index is 12.1. The summed E-state index contributed by atoms with van der Waals surface area (Å²) in [5.41, 5.74) is 2.37. The number of aromatic hydroxyl groups is 1. The predicted octanol–water partition coefficient (Wildman–Crippen LogP) is 2.18. The summed E-state index contributed by atoms with van der Waals surface area (Å²) in [6.07, 6.45) is 1.73. The molecule has 2 aromatic carbocycles. The molecular formula is C18H18N2O6S. The normalized spacial score (nSPS) is 15.1. The molecule has 3 N–H and O–H groups in total. The molecule has 0 radical (unpaired) electrons. The Hall–Kier alpha value is -3.20. The molecule has 0 saturated heterocycles. The van der Waals surface area contributed by atoms with E-state index in [1.165, 1.54) is 19.2 Å². The summed E-state index contributed by atoms with van der Waals surface area (Å²) in [4.78, 5) is 11.3. The lowest BCUT2D eigenvalue weighted by molar-refractivity contribution is -0.140. The number of carbonyl (C=O) groups excluding carboxylic acids is 1. The Kier molecular flexibility index (Phi) is 4.95. The summed E-state index contributed by atoms with van der Waals surface area (Å²) in [5, 5.41) is 19.5. The van der Waals surface area contributed by atoms with Gasteiger partial charge in [-0.25, -0.2) is 9.03 Å². The zero-order valence-electron chi connectivity index (χ0n) is 14.4. The van der Waals surface area contributed by atoms with Crippen LogP contribution in [-0.2, 0) is 26.2 Å². The van der Waals surface area contributed by atoms with Crippen molar-refractivity contribution in [1.82, 2.24) is 4.72 Å². The molecule has 0 amide bonds. The summed E-state index contributed by atoms with van der Waals surface area (Å²) in [6.45, 7) is 0. The number of methoxy groups -OCH3 is 1. The minimum atomic E-state index is -4.01. The summed E-state index contributed by atoms with van der Waals surface area (Å²) in [7, 11) is -2.67. The summed E-state index contributed by atoms with van der Waals surface area (Å²) >= 11 is 0. The van der Waals surface area contributed by atoms with Crippen LogP contribution in [0.15, 0.2) is 54.5 Å². The molecule has 27 heavy (non-hydrogen) atoms. The van der Waals surface area contributed by atoms with E-state index in [0.29, 0.717) is 12.0 Å². The van der Waals surface area contributed by atoms with Gasteiger partial charge in [-0.05, 0) is 35.2 Å². The Morgan fingerprint density at radius 2 is 1.89 bits per heavy atom. The molecule has 0 bridgehead atoms. The number of phenolic OH excluding ortho intramolecular Hbond substituents is 1. The van der Waals surface area contributed by atoms with E-state index in [-0.39, 0.29) is 23.8 Å². The average molecular weight is 390 g/mol.